The Labute approximate surface area is 213 Å². The van der Waals surface area contributed by atoms with Gasteiger partial charge in [-0.1, -0.05) is 84.9 Å². The summed E-state index contributed by atoms with van der Waals surface area (Å²) in [6.45, 7) is 1.56. The Morgan fingerprint density at radius 1 is 0.583 bits per heavy atom. The molecular formula is C33H27NOP+. The van der Waals surface area contributed by atoms with Crippen LogP contribution in [0, 0.1) is 0 Å². The molecule has 5 aromatic rings. The molecule has 5 aromatic carbocycles. The third-order valence-electron chi connectivity index (χ3n) is 7.09. The average molecular weight is 485 g/mol. The van der Waals surface area contributed by atoms with Crippen molar-refractivity contribution in [2.75, 3.05) is 5.32 Å². The molecule has 0 aliphatic heterocycles. The summed E-state index contributed by atoms with van der Waals surface area (Å²) in [5.74, 6) is -0.0581. The Hall–Kier alpha value is -4.00. The quantitative estimate of drug-likeness (QED) is 0.276. The molecule has 0 heterocycles. The lowest BCUT2D eigenvalue weighted by atomic mass is 10.1. The van der Waals surface area contributed by atoms with Crippen LogP contribution in [-0.4, -0.2) is 5.91 Å². The zero-order valence-corrected chi connectivity index (χ0v) is 21.0. The Morgan fingerprint density at radius 3 is 1.58 bits per heavy atom. The van der Waals surface area contributed by atoms with Crippen LogP contribution in [0.4, 0.5) is 5.69 Å². The second kappa shape index (κ2) is 9.22. The van der Waals surface area contributed by atoms with Gasteiger partial charge in [0.1, 0.15) is 28.8 Å². The number of rotatable bonds is 5. The van der Waals surface area contributed by atoms with Crippen molar-refractivity contribution in [1.82, 2.24) is 0 Å². The molecule has 2 nitrogen and oxygen atoms in total. The first-order chi connectivity index (χ1) is 17.7. The van der Waals surface area contributed by atoms with Crippen LogP contribution < -0.4 is 21.2 Å². The van der Waals surface area contributed by atoms with Gasteiger partial charge < -0.3 is 5.32 Å². The number of carbonyl (C=O) groups excluding carboxylic acids is 1. The Balaban J connectivity index is 1.75. The highest BCUT2D eigenvalue weighted by Crippen LogP contribution is 2.72. The first-order valence-electron chi connectivity index (χ1n) is 12.3. The molecule has 6 rings (SSSR count). The van der Waals surface area contributed by atoms with Crippen molar-refractivity contribution in [3.63, 3.8) is 0 Å². The summed E-state index contributed by atoms with van der Waals surface area (Å²) in [4.78, 5) is 12.0. The van der Waals surface area contributed by atoms with E-state index in [2.05, 4.69) is 133 Å². The predicted octanol–water partition coefficient (Wildman–Crippen LogP) is 6.71. The lowest BCUT2D eigenvalue weighted by Crippen LogP contribution is -2.35. The van der Waals surface area contributed by atoms with E-state index >= 15 is 0 Å². The van der Waals surface area contributed by atoms with Gasteiger partial charge in [-0.25, -0.2) is 0 Å². The van der Waals surface area contributed by atoms with E-state index in [0.717, 1.165) is 5.69 Å². The van der Waals surface area contributed by atoms with Gasteiger partial charge in [-0.3, -0.25) is 4.79 Å². The van der Waals surface area contributed by atoms with Crippen LogP contribution in [0.15, 0.2) is 133 Å². The predicted molar refractivity (Wildman–Crippen MR) is 153 cm³/mol. The number of fused-ring (bicyclic) bond motifs is 3. The minimum Gasteiger partial charge on any atom is -0.326 e. The minimum absolute atomic E-state index is 0.0581. The molecule has 1 amide bonds. The van der Waals surface area contributed by atoms with E-state index in [9.17, 15) is 4.79 Å². The second-order valence-corrected chi connectivity index (χ2v) is 12.7. The molecule has 1 aliphatic carbocycles. The van der Waals surface area contributed by atoms with Gasteiger partial charge in [0.2, 0.25) is 5.91 Å². The normalized spacial score (nSPS) is 14.1. The van der Waals surface area contributed by atoms with Crippen molar-refractivity contribution >= 4 is 34.8 Å². The van der Waals surface area contributed by atoms with Gasteiger partial charge in [0.15, 0.2) is 0 Å². The summed E-state index contributed by atoms with van der Waals surface area (Å²) in [5, 5.41) is 7.07. The molecule has 0 saturated heterocycles. The maximum Gasteiger partial charge on any atom is 0.221 e. The summed E-state index contributed by atoms with van der Waals surface area (Å²) < 4.78 is 0. The van der Waals surface area contributed by atoms with Crippen LogP contribution >= 0.6 is 7.26 Å². The van der Waals surface area contributed by atoms with Crippen molar-refractivity contribution in [3.8, 4) is 11.1 Å². The monoisotopic (exact) mass is 484 g/mol. The fourth-order valence-corrected chi connectivity index (χ4v) is 10.8. The lowest BCUT2D eigenvalue weighted by molar-refractivity contribution is -0.114. The molecule has 0 unspecified atom stereocenters. The summed E-state index contributed by atoms with van der Waals surface area (Å²) in [5.41, 5.74) is 6.09. The highest BCUT2D eigenvalue weighted by molar-refractivity contribution is 7.96. The van der Waals surface area contributed by atoms with E-state index in [1.54, 1.807) is 6.92 Å². The highest BCUT2D eigenvalue weighted by Gasteiger charge is 2.56. The first-order valence-corrected chi connectivity index (χ1v) is 14.1. The van der Waals surface area contributed by atoms with Crippen molar-refractivity contribution in [2.24, 2.45) is 0 Å². The number of benzene rings is 5. The molecule has 0 fully saturated rings. The van der Waals surface area contributed by atoms with Gasteiger partial charge in [0, 0.05) is 23.7 Å². The van der Waals surface area contributed by atoms with E-state index in [1.807, 2.05) is 6.07 Å². The Bertz CT molecular complexity index is 1430. The molecular weight excluding hydrogens is 457 g/mol. The average Bonchev–Trinajstić information content (AvgIpc) is 3.25. The number of nitrogens with one attached hydrogen (secondary N) is 1. The molecule has 0 aromatic heterocycles. The van der Waals surface area contributed by atoms with Crippen LogP contribution in [0.5, 0.6) is 0 Å². The molecule has 0 saturated carbocycles. The number of anilines is 1. The number of hydrogen-bond donors (Lipinski definition) is 1. The van der Waals surface area contributed by atoms with E-state index in [4.69, 9.17) is 0 Å². The van der Waals surface area contributed by atoms with E-state index < -0.39 is 7.26 Å². The Morgan fingerprint density at radius 2 is 1.06 bits per heavy atom. The summed E-state index contributed by atoms with van der Waals surface area (Å²) in [6.07, 6.45) is 0. The summed E-state index contributed by atoms with van der Waals surface area (Å²) >= 11 is 0. The number of carbonyl (C=O) groups is 1. The molecule has 174 valence electrons. The number of amides is 1. The van der Waals surface area contributed by atoms with Crippen LogP contribution in [-0.2, 0) is 4.79 Å². The van der Waals surface area contributed by atoms with E-state index in [-0.39, 0.29) is 11.6 Å². The molecule has 1 N–H and O–H groups in total. The van der Waals surface area contributed by atoms with Crippen molar-refractivity contribution in [1.29, 1.82) is 0 Å². The van der Waals surface area contributed by atoms with E-state index in [1.165, 1.54) is 38.2 Å². The standard InChI is InChI=1S/C33H26NOP/c1-24(35)34-25-21-22-30-29-19-11-12-20-31(29)33(32(30)23-25)36(26-13-5-2-6-14-26,27-15-7-3-8-16-27)28-17-9-4-10-18-28/h2-23,33H,1H3/p+1/t33-/m0/s1. The van der Waals surface area contributed by atoms with Crippen LogP contribution in [0.1, 0.15) is 23.7 Å². The molecule has 0 bridgehead atoms. The molecule has 36 heavy (non-hydrogen) atoms. The van der Waals surface area contributed by atoms with Gasteiger partial charge >= 0.3 is 0 Å². The fraction of sp³-hybridized carbons (Fsp3) is 0.0606. The Kier molecular flexibility index (Phi) is 5.76. The van der Waals surface area contributed by atoms with Gasteiger partial charge in [-0.2, -0.15) is 0 Å². The third-order valence-corrected chi connectivity index (χ3v) is 11.8. The summed E-state index contributed by atoms with van der Waals surface area (Å²) in [6, 6.07) is 48.2. The molecule has 1 atom stereocenters. The van der Waals surface area contributed by atoms with Crippen LogP contribution in [0.2, 0.25) is 0 Å². The third kappa shape index (κ3) is 3.58. The zero-order valence-electron chi connectivity index (χ0n) is 20.1. The van der Waals surface area contributed by atoms with Gasteiger partial charge in [0.25, 0.3) is 0 Å². The topological polar surface area (TPSA) is 29.1 Å². The molecule has 3 heteroatoms. The lowest BCUT2D eigenvalue weighted by Gasteiger charge is -2.34. The largest absolute Gasteiger partial charge is 0.326 e. The van der Waals surface area contributed by atoms with Crippen molar-refractivity contribution < 1.29 is 4.79 Å². The van der Waals surface area contributed by atoms with Gasteiger partial charge in [-0.05, 0) is 59.7 Å². The van der Waals surface area contributed by atoms with Crippen LogP contribution in [0.25, 0.3) is 11.1 Å². The number of hydrogen-bond acceptors (Lipinski definition) is 1. The smallest absolute Gasteiger partial charge is 0.221 e. The molecule has 0 spiro atoms. The second-order valence-electron chi connectivity index (χ2n) is 9.20. The maximum absolute atomic E-state index is 12.0. The zero-order chi connectivity index (χ0) is 24.5. The fourth-order valence-electron chi connectivity index (χ4n) is 5.76. The van der Waals surface area contributed by atoms with Crippen molar-refractivity contribution in [2.45, 2.75) is 12.6 Å². The first kappa shape index (κ1) is 22.5. The van der Waals surface area contributed by atoms with Gasteiger partial charge in [-0.15, -0.1) is 0 Å². The minimum atomic E-state index is -2.23. The molecule has 1 aliphatic rings. The summed E-state index contributed by atoms with van der Waals surface area (Å²) in [7, 11) is -2.23. The van der Waals surface area contributed by atoms with Crippen molar-refractivity contribution in [3.05, 3.63) is 145 Å². The molecule has 0 radical (unpaired) electrons. The van der Waals surface area contributed by atoms with Crippen LogP contribution in [0.3, 0.4) is 0 Å². The maximum atomic E-state index is 12.0. The SMILES string of the molecule is CC(=O)Nc1ccc2c(c1)[C@@H]([P+](c1ccccc1)(c1ccccc1)c1ccccc1)c1ccccc1-2. The highest BCUT2D eigenvalue weighted by atomic mass is 31.2. The van der Waals surface area contributed by atoms with Gasteiger partial charge in [0.05, 0.1) is 0 Å². The van der Waals surface area contributed by atoms with E-state index in [0.29, 0.717) is 0 Å².